The molecule has 0 aliphatic heterocycles. The summed E-state index contributed by atoms with van der Waals surface area (Å²) in [5.74, 6) is -4.25. The van der Waals surface area contributed by atoms with Crippen molar-refractivity contribution in [2.24, 2.45) is 0 Å². The Labute approximate surface area is 234 Å². The van der Waals surface area contributed by atoms with Crippen LogP contribution in [0.2, 0.25) is 0 Å². The summed E-state index contributed by atoms with van der Waals surface area (Å²) in [7, 11) is -3.62. The maximum absolute atomic E-state index is 13.9. The molecule has 0 atom stereocenters. The maximum Gasteiger partial charge on any atom is 0.407 e. The van der Waals surface area contributed by atoms with Crippen molar-refractivity contribution < 1.29 is 26.4 Å². The van der Waals surface area contributed by atoms with Gasteiger partial charge in [-0.15, -0.1) is 0 Å². The molecular formula is C32H48F4O2Si. The fraction of sp³-hybridized carbons (Fsp3) is 0.625. The Kier molecular flexibility index (Phi) is 16.7. The molecule has 220 valence electrons. The molecule has 2 aromatic carbocycles. The van der Waals surface area contributed by atoms with E-state index in [0.29, 0.717) is 17.0 Å². The molecule has 7 heteroatoms. The van der Waals surface area contributed by atoms with E-state index in [2.05, 4.69) is 6.92 Å². The van der Waals surface area contributed by atoms with E-state index in [1.807, 2.05) is 12.1 Å². The van der Waals surface area contributed by atoms with Gasteiger partial charge < -0.3 is 8.85 Å². The minimum Gasteiger partial charge on any atom is -0.388 e. The molecule has 0 N–H and O–H groups in total. The highest BCUT2D eigenvalue weighted by atomic mass is 28.4. The van der Waals surface area contributed by atoms with E-state index in [9.17, 15) is 17.6 Å². The second-order valence-electron chi connectivity index (χ2n) is 10.5. The largest absolute Gasteiger partial charge is 0.407 e. The highest BCUT2D eigenvalue weighted by Gasteiger charge is 2.48. The summed E-state index contributed by atoms with van der Waals surface area (Å²) in [5.41, 5.74) is 0. The van der Waals surface area contributed by atoms with Crippen LogP contribution in [0, 0.1) is 0 Å². The van der Waals surface area contributed by atoms with Crippen LogP contribution in [0.5, 0.6) is 0 Å². The quantitative estimate of drug-likeness (QED) is 0.0756. The van der Waals surface area contributed by atoms with Gasteiger partial charge in [-0.05, 0) is 16.8 Å². The molecular weight excluding hydrogens is 520 g/mol. The Morgan fingerprint density at radius 1 is 0.590 bits per heavy atom. The smallest absolute Gasteiger partial charge is 0.388 e. The fourth-order valence-corrected chi connectivity index (χ4v) is 7.98. The normalized spacial score (nSPS) is 12.4. The topological polar surface area (TPSA) is 18.5 Å². The lowest BCUT2D eigenvalue weighted by Gasteiger charge is -2.33. The third-order valence-electron chi connectivity index (χ3n) is 7.15. The monoisotopic (exact) mass is 568 g/mol. The number of benzene rings is 2. The van der Waals surface area contributed by atoms with Gasteiger partial charge in [-0.2, -0.15) is 8.78 Å². The SMILES string of the molecule is CCCCCCCCCCCCCCCCCO[Si](OCC(F)(F)C(F)F)(c1ccccc1)c1ccccc1. The fourth-order valence-electron chi connectivity index (χ4n) is 4.81. The summed E-state index contributed by atoms with van der Waals surface area (Å²) >= 11 is 0. The number of hydrogen-bond acceptors (Lipinski definition) is 2. The van der Waals surface area contributed by atoms with Crippen molar-refractivity contribution >= 4 is 18.9 Å². The molecule has 2 rings (SSSR count). The van der Waals surface area contributed by atoms with Crippen molar-refractivity contribution in [3.8, 4) is 0 Å². The number of hydrogen-bond donors (Lipinski definition) is 0. The Bertz CT molecular complexity index is 812. The lowest BCUT2D eigenvalue weighted by Crippen LogP contribution is -2.64. The standard InChI is InChI=1S/C32H48F4O2Si/c1-2-3-4-5-6-7-8-9-10-11-12-13-14-15-22-27-37-39(29-23-18-16-19-24-29,30-25-20-17-21-26-30)38-28-32(35,36)31(33)34/h16-21,23-26,31H,2-15,22,27-28H2,1H3. The van der Waals surface area contributed by atoms with Gasteiger partial charge in [0.05, 0.1) is 0 Å². The minimum atomic E-state index is -4.25. The van der Waals surface area contributed by atoms with Gasteiger partial charge in [0, 0.05) is 6.61 Å². The van der Waals surface area contributed by atoms with Gasteiger partial charge >= 0.3 is 20.9 Å². The van der Waals surface area contributed by atoms with Crippen LogP contribution in [-0.2, 0) is 8.85 Å². The molecule has 2 nitrogen and oxygen atoms in total. The van der Waals surface area contributed by atoms with Crippen LogP contribution in [0.4, 0.5) is 17.6 Å². The third-order valence-corrected chi connectivity index (χ3v) is 10.5. The zero-order valence-corrected chi connectivity index (χ0v) is 24.7. The summed E-state index contributed by atoms with van der Waals surface area (Å²) in [6, 6.07) is 17.8. The summed E-state index contributed by atoms with van der Waals surface area (Å²) in [6.45, 7) is 1.19. The average Bonchev–Trinajstić information content (AvgIpc) is 2.95. The molecule has 2 aromatic rings. The van der Waals surface area contributed by atoms with E-state index in [4.69, 9.17) is 8.85 Å². The summed E-state index contributed by atoms with van der Waals surface area (Å²) in [5, 5.41) is 1.25. The number of alkyl halides is 4. The summed E-state index contributed by atoms with van der Waals surface area (Å²) in [4.78, 5) is 0. The van der Waals surface area contributed by atoms with Gasteiger partial charge in [-0.1, -0.05) is 157 Å². The van der Waals surface area contributed by atoms with Gasteiger partial charge in [0.25, 0.3) is 0 Å². The molecule has 0 saturated carbocycles. The zero-order chi connectivity index (χ0) is 28.2. The Hall–Kier alpha value is -1.70. The first-order valence-corrected chi connectivity index (χ1v) is 16.8. The summed E-state index contributed by atoms with van der Waals surface area (Å²) in [6.07, 6.45) is 14.9. The van der Waals surface area contributed by atoms with Crippen molar-refractivity contribution in [3.05, 3.63) is 60.7 Å². The van der Waals surface area contributed by atoms with Crippen LogP contribution in [0.1, 0.15) is 103 Å². The molecule has 0 heterocycles. The van der Waals surface area contributed by atoms with E-state index in [-0.39, 0.29) is 0 Å². The Balaban J connectivity index is 1.79. The molecule has 39 heavy (non-hydrogen) atoms. The summed E-state index contributed by atoms with van der Waals surface area (Å²) < 4.78 is 65.8. The maximum atomic E-state index is 13.9. The minimum absolute atomic E-state index is 0.328. The van der Waals surface area contributed by atoms with E-state index in [1.165, 1.54) is 77.0 Å². The predicted molar refractivity (Wildman–Crippen MR) is 156 cm³/mol. The number of rotatable bonds is 23. The van der Waals surface area contributed by atoms with Crippen molar-refractivity contribution in [2.75, 3.05) is 13.2 Å². The first-order chi connectivity index (χ1) is 18.9. The van der Waals surface area contributed by atoms with Crippen LogP contribution in [0.15, 0.2) is 60.7 Å². The van der Waals surface area contributed by atoms with Crippen molar-refractivity contribution in [2.45, 2.75) is 116 Å². The van der Waals surface area contributed by atoms with Crippen LogP contribution in [-0.4, -0.2) is 34.1 Å². The molecule has 0 unspecified atom stereocenters. The van der Waals surface area contributed by atoms with Crippen LogP contribution in [0.25, 0.3) is 0 Å². The molecule has 0 fully saturated rings. The van der Waals surface area contributed by atoms with Crippen molar-refractivity contribution in [3.63, 3.8) is 0 Å². The Morgan fingerprint density at radius 3 is 1.36 bits per heavy atom. The second kappa shape index (κ2) is 19.4. The molecule has 0 saturated heterocycles. The molecule has 0 aliphatic rings. The number of halogens is 4. The highest BCUT2D eigenvalue weighted by molar-refractivity contribution is 6.92. The van der Waals surface area contributed by atoms with Gasteiger partial charge in [-0.3, -0.25) is 0 Å². The van der Waals surface area contributed by atoms with Crippen molar-refractivity contribution in [1.82, 2.24) is 0 Å². The van der Waals surface area contributed by atoms with Gasteiger partial charge in [0.1, 0.15) is 6.61 Å². The molecule has 0 aromatic heterocycles. The zero-order valence-electron chi connectivity index (χ0n) is 23.7. The molecule has 0 aliphatic carbocycles. The molecule has 0 amide bonds. The lowest BCUT2D eigenvalue weighted by molar-refractivity contribution is -0.151. The van der Waals surface area contributed by atoms with Gasteiger partial charge in [-0.25, -0.2) is 8.78 Å². The Morgan fingerprint density at radius 2 is 0.974 bits per heavy atom. The second-order valence-corrected chi connectivity index (χ2v) is 13.5. The van der Waals surface area contributed by atoms with Crippen molar-refractivity contribution in [1.29, 1.82) is 0 Å². The van der Waals surface area contributed by atoms with Gasteiger partial charge in [0.15, 0.2) is 0 Å². The first-order valence-electron chi connectivity index (χ1n) is 15.0. The number of unbranched alkanes of at least 4 members (excludes halogenated alkanes) is 14. The molecule has 0 radical (unpaired) electrons. The van der Waals surface area contributed by atoms with E-state index in [0.717, 1.165) is 19.3 Å². The van der Waals surface area contributed by atoms with Crippen LogP contribution < -0.4 is 10.4 Å². The van der Waals surface area contributed by atoms with Crippen LogP contribution in [0.3, 0.4) is 0 Å². The van der Waals surface area contributed by atoms with E-state index < -0.39 is 27.5 Å². The first kappa shape index (κ1) is 33.5. The van der Waals surface area contributed by atoms with Gasteiger partial charge in [0.2, 0.25) is 0 Å². The van der Waals surface area contributed by atoms with Crippen LogP contribution >= 0.6 is 0 Å². The molecule has 0 bridgehead atoms. The average molecular weight is 569 g/mol. The third kappa shape index (κ3) is 12.6. The van der Waals surface area contributed by atoms with E-state index >= 15 is 0 Å². The van der Waals surface area contributed by atoms with E-state index in [1.54, 1.807) is 48.5 Å². The molecule has 0 spiro atoms. The predicted octanol–water partition coefficient (Wildman–Crippen LogP) is 9.05. The highest BCUT2D eigenvalue weighted by Crippen LogP contribution is 2.25. The lowest BCUT2D eigenvalue weighted by atomic mass is 10.0.